The number of β-lactam (4-membered cyclic amide) rings is 1. The number of nitrogens with zero attached hydrogens (tertiary/aromatic N) is 1. The quantitative estimate of drug-likeness (QED) is 0.210. The Balaban J connectivity index is 1.44. The maximum atomic E-state index is 14.6. The summed E-state index contributed by atoms with van der Waals surface area (Å²) in [5.41, 5.74) is 3.10. The molecule has 1 aliphatic heterocycles. The van der Waals surface area contributed by atoms with Crippen LogP contribution in [0, 0.1) is 5.82 Å². The first-order valence-corrected chi connectivity index (χ1v) is 12.8. The zero-order chi connectivity index (χ0) is 26.7. The molecule has 3 aromatic rings. The van der Waals surface area contributed by atoms with Crippen LogP contribution in [0.5, 0.6) is 5.75 Å². The van der Waals surface area contributed by atoms with Crippen LogP contribution in [-0.2, 0) is 15.0 Å². The minimum atomic E-state index is -1.06. The van der Waals surface area contributed by atoms with Crippen molar-refractivity contribution in [2.75, 3.05) is 17.3 Å². The van der Waals surface area contributed by atoms with E-state index in [1.54, 1.807) is 53.4 Å². The monoisotopic (exact) mass is 521 g/mol. The van der Waals surface area contributed by atoms with Crippen LogP contribution in [0.15, 0.2) is 71.6 Å². The smallest absolute Gasteiger partial charge is 0.341 e. The first-order chi connectivity index (χ1) is 17.5. The van der Waals surface area contributed by atoms with Crippen molar-refractivity contribution in [1.82, 2.24) is 0 Å². The third-order valence-corrected chi connectivity index (χ3v) is 7.23. The molecule has 1 unspecified atom stereocenters. The van der Waals surface area contributed by atoms with Crippen LogP contribution >= 0.6 is 11.8 Å². The molecule has 192 valence electrons. The summed E-state index contributed by atoms with van der Waals surface area (Å²) in [7, 11) is 0. The molecule has 1 aliphatic rings. The topological polar surface area (TPSA) is 83.9 Å². The molecular formula is C29H28FNO5S. The molecule has 1 amide bonds. The molecule has 0 saturated carbocycles. The van der Waals surface area contributed by atoms with E-state index in [0.29, 0.717) is 28.3 Å². The number of anilines is 1. The molecule has 0 aromatic heterocycles. The molecule has 1 atom stereocenters. The molecule has 37 heavy (non-hydrogen) atoms. The molecule has 0 radical (unpaired) electrons. The number of hydrogen-bond donors (Lipinski definition) is 1. The molecule has 6 nitrogen and oxygen atoms in total. The summed E-state index contributed by atoms with van der Waals surface area (Å²) in [5, 5.41) is 8.74. The van der Waals surface area contributed by atoms with Gasteiger partial charge in [-0.15, -0.1) is 11.8 Å². The minimum absolute atomic E-state index is 0.0117. The van der Waals surface area contributed by atoms with E-state index in [2.05, 4.69) is 20.8 Å². The third-order valence-electron chi connectivity index (χ3n) is 6.20. The Bertz CT molecular complexity index is 1320. The zero-order valence-electron chi connectivity index (χ0n) is 20.9. The highest BCUT2D eigenvalue weighted by molar-refractivity contribution is 8.00. The molecule has 1 fully saturated rings. The summed E-state index contributed by atoms with van der Waals surface area (Å²) in [6.45, 7) is 5.88. The van der Waals surface area contributed by atoms with Gasteiger partial charge in [0.15, 0.2) is 12.4 Å². The van der Waals surface area contributed by atoms with Gasteiger partial charge in [0.25, 0.3) is 0 Å². The summed E-state index contributed by atoms with van der Waals surface area (Å²) < 4.78 is 19.8. The predicted octanol–water partition coefficient (Wildman–Crippen LogP) is 6.04. The molecule has 3 aromatic carbocycles. The maximum Gasteiger partial charge on any atom is 0.341 e. The molecule has 0 spiro atoms. The fourth-order valence-electron chi connectivity index (χ4n) is 4.07. The summed E-state index contributed by atoms with van der Waals surface area (Å²) in [6.07, 6.45) is 0.304. The Morgan fingerprint density at radius 3 is 2.32 bits per heavy atom. The van der Waals surface area contributed by atoms with Gasteiger partial charge in [-0.05, 0) is 46.9 Å². The standard InChI is InChI=1S/C29H28FNO5S/c1-29(2,3)20-8-4-19(5-9-20)25(32)17-37-26-14-21(10-13-23(26)30)31-24(15-27(31)33)18-6-11-22(12-7-18)36-16-28(34)35/h4-14,24H,15-17H2,1-3H3,(H,34,35). The van der Waals surface area contributed by atoms with Crippen molar-refractivity contribution in [2.24, 2.45) is 0 Å². The van der Waals surface area contributed by atoms with Crippen molar-refractivity contribution in [3.05, 3.63) is 89.2 Å². The van der Waals surface area contributed by atoms with E-state index >= 15 is 0 Å². The van der Waals surface area contributed by atoms with Gasteiger partial charge < -0.3 is 14.7 Å². The Kier molecular flexibility index (Phi) is 7.68. The van der Waals surface area contributed by atoms with Crippen molar-refractivity contribution in [1.29, 1.82) is 0 Å². The lowest BCUT2D eigenvalue weighted by Gasteiger charge is -2.41. The predicted molar refractivity (Wildman–Crippen MR) is 141 cm³/mol. The lowest BCUT2D eigenvalue weighted by Crippen LogP contribution is -2.46. The largest absolute Gasteiger partial charge is 0.482 e. The molecule has 1 N–H and O–H groups in total. The summed E-state index contributed by atoms with van der Waals surface area (Å²) in [6, 6.07) is 18.6. The van der Waals surface area contributed by atoms with Crippen LogP contribution in [-0.4, -0.2) is 35.1 Å². The molecule has 0 aliphatic carbocycles. The Morgan fingerprint density at radius 1 is 1.05 bits per heavy atom. The van der Waals surface area contributed by atoms with Gasteiger partial charge in [0.1, 0.15) is 11.6 Å². The second kappa shape index (κ2) is 10.8. The second-order valence-corrected chi connectivity index (χ2v) is 10.9. The van der Waals surface area contributed by atoms with Crippen LogP contribution in [0.3, 0.4) is 0 Å². The van der Waals surface area contributed by atoms with Crippen LogP contribution in [0.4, 0.5) is 10.1 Å². The average Bonchev–Trinajstić information content (AvgIpc) is 2.86. The van der Waals surface area contributed by atoms with Crippen molar-refractivity contribution in [2.45, 2.75) is 43.5 Å². The number of ether oxygens (including phenoxy) is 1. The number of ketones is 1. The van der Waals surface area contributed by atoms with Gasteiger partial charge in [-0.1, -0.05) is 57.2 Å². The van der Waals surface area contributed by atoms with Gasteiger partial charge in [-0.2, -0.15) is 0 Å². The second-order valence-electron chi connectivity index (χ2n) is 9.89. The number of hydrogen-bond acceptors (Lipinski definition) is 5. The molecule has 1 heterocycles. The normalized spacial score (nSPS) is 15.3. The third kappa shape index (κ3) is 6.20. The highest BCUT2D eigenvalue weighted by Crippen LogP contribution is 2.41. The molecule has 8 heteroatoms. The number of carboxylic acids is 1. The Hall–Kier alpha value is -3.65. The van der Waals surface area contributed by atoms with Crippen molar-refractivity contribution in [3.8, 4) is 5.75 Å². The number of benzene rings is 3. The zero-order valence-corrected chi connectivity index (χ0v) is 21.7. The number of rotatable bonds is 9. The highest BCUT2D eigenvalue weighted by Gasteiger charge is 2.38. The number of thioether (sulfide) groups is 1. The summed E-state index contributed by atoms with van der Waals surface area (Å²) >= 11 is 1.11. The number of carbonyl (C=O) groups excluding carboxylic acids is 2. The number of halogens is 1. The number of carbonyl (C=O) groups is 3. The lowest BCUT2D eigenvalue weighted by atomic mass is 9.86. The van der Waals surface area contributed by atoms with Crippen molar-refractivity contribution >= 4 is 35.1 Å². The SMILES string of the molecule is CC(C)(C)c1ccc(C(=O)CSc2cc(N3C(=O)CC3c3ccc(OCC(=O)O)cc3)ccc2F)cc1. The maximum absolute atomic E-state index is 14.6. The molecule has 4 rings (SSSR count). The van der Waals surface area contributed by atoms with Crippen LogP contribution in [0.2, 0.25) is 0 Å². The van der Waals surface area contributed by atoms with Gasteiger partial charge in [0, 0.05) is 16.1 Å². The highest BCUT2D eigenvalue weighted by atomic mass is 32.2. The number of aliphatic carboxylic acids is 1. The first-order valence-electron chi connectivity index (χ1n) is 11.9. The van der Waals surface area contributed by atoms with Gasteiger partial charge in [0.05, 0.1) is 18.2 Å². The van der Waals surface area contributed by atoms with Crippen molar-refractivity contribution in [3.63, 3.8) is 0 Å². The first kappa shape index (κ1) is 26.4. The molecule has 1 saturated heterocycles. The van der Waals surface area contributed by atoms with E-state index in [4.69, 9.17) is 9.84 Å². The van der Waals surface area contributed by atoms with Gasteiger partial charge >= 0.3 is 5.97 Å². The summed E-state index contributed by atoms with van der Waals surface area (Å²) in [5.74, 6) is -1.21. The Morgan fingerprint density at radius 2 is 1.73 bits per heavy atom. The van der Waals surface area contributed by atoms with E-state index in [1.165, 1.54) is 6.07 Å². The van der Waals surface area contributed by atoms with E-state index in [9.17, 15) is 18.8 Å². The van der Waals surface area contributed by atoms with E-state index < -0.39 is 18.4 Å². The van der Waals surface area contributed by atoms with Gasteiger partial charge in [-0.25, -0.2) is 9.18 Å². The Labute approximate surface area is 219 Å². The fraction of sp³-hybridized carbons (Fsp3) is 0.276. The fourth-order valence-corrected chi connectivity index (χ4v) is 4.94. The van der Waals surface area contributed by atoms with E-state index in [0.717, 1.165) is 22.9 Å². The van der Waals surface area contributed by atoms with Gasteiger partial charge in [-0.3, -0.25) is 9.59 Å². The minimum Gasteiger partial charge on any atom is -0.482 e. The average molecular weight is 522 g/mol. The van der Waals surface area contributed by atoms with E-state index in [1.807, 2.05) is 12.1 Å². The van der Waals surface area contributed by atoms with Crippen LogP contribution in [0.1, 0.15) is 54.7 Å². The molecule has 0 bridgehead atoms. The number of carboxylic acid groups (broad SMARTS) is 1. The lowest BCUT2D eigenvalue weighted by molar-refractivity contribution is -0.139. The van der Waals surface area contributed by atoms with Crippen LogP contribution in [0.25, 0.3) is 0 Å². The van der Waals surface area contributed by atoms with Crippen LogP contribution < -0.4 is 9.64 Å². The van der Waals surface area contributed by atoms with E-state index in [-0.39, 0.29) is 28.9 Å². The van der Waals surface area contributed by atoms with Crippen molar-refractivity contribution < 1.29 is 28.6 Å². The number of amides is 1. The number of Topliss-reactive ketones (excluding diaryl/α,β-unsaturated/α-hetero) is 1. The van der Waals surface area contributed by atoms with Gasteiger partial charge in [0.2, 0.25) is 5.91 Å². The summed E-state index contributed by atoms with van der Waals surface area (Å²) in [4.78, 5) is 37.8. The molecular weight excluding hydrogens is 493 g/mol.